The number of carbonyl (C=O) groups is 1. The van der Waals surface area contributed by atoms with Gasteiger partial charge in [0.05, 0.1) is 27.9 Å². The van der Waals surface area contributed by atoms with Gasteiger partial charge in [-0.1, -0.05) is 11.6 Å². The average molecular weight is 340 g/mol. The van der Waals surface area contributed by atoms with E-state index in [0.717, 1.165) is 24.5 Å². The zero-order chi connectivity index (χ0) is 15.6. The Bertz CT molecular complexity index is 539. The first-order chi connectivity index (χ1) is 9.77. The second kappa shape index (κ2) is 6.36. The Morgan fingerprint density at radius 1 is 1.48 bits per heavy atom. The quantitative estimate of drug-likeness (QED) is 0.774. The van der Waals surface area contributed by atoms with E-state index in [1.54, 1.807) is 6.07 Å². The molecule has 0 aliphatic carbocycles. The van der Waals surface area contributed by atoms with Crippen molar-refractivity contribution in [3.63, 3.8) is 0 Å². The first-order valence-electron chi connectivity index (χ1n) is 6.23. The van der Waals surface area contributed by atoms with Crippen molar-refractivity contribution in [2.45, 2.75) is 24.8 Å². The van der Waals surface area contributed by atoms with E-state index in [1.807, 2.05) is 4.90 Å². The number of benzene rings is 1. The SMILES string of the molecule is CC(=O)OSC1CCN(c2ccc(Cl)c(C(F)(F)F)c2)C1. The van der Waals surface area contributed by atoms with Gasteiger partial charge in [-0.3, -0.25) is 4.79 Å². The Labute approximate surface area is 129 Å². The second-order valence-electron chi connectivity index (χ2n) is 4.69. The largest absolute Gasteiger partial charge is 0.417 e. The summed E-state index contributed by atoms with van der Waals surface area (Å²) in [6, 6.07) is 3.88. The van der Waals surface area contributed by atoms with E-state index in [-0.39, 0.29) is 16.2 Å². The van der Waals surface area contributed by atoms with Crippen LogP contribution in [0.5, 0.6) is 0 Å². The number of rotatable bonds is 3. The maximum Gasteiger partial charge on any atom is 0.417 e. The molecule has 3 nitrogen and oxygen atoms in total. The van der Waals surface area contributed by atoms with E-state index >= 15 is 0 Å². The molecule has 0 amide bonds. The van der Waals surface area contributed by atoms with Crippen molar-refractivity contribution in [2.75, 3.05) is 18.0 Å². The zero-order valence-corrected chi connectivity index (χ0v) is 12.7. The molecule has 0 bridgehead atoms. The molecule has 1 heterocycles. The zero-order valence-electron chi connectivity index (χ0n) is 11.1. The highest BCUT2D eigenvalue weighted by atomic mass is 35.5. The summed E-state index contributed by atoms with van der Waals surface area (Å²) in [5.74, 6) is -0.385. The molecule has 2 rings (SSSR count). The number of hydrogen-bond acceptors (Lipinski definition) is 4. The lowest BCUT2D eigenvalue weighted by molar-refractivity contribution is -0.137. The van der Waals surface area contributed by atoms with Gasteiger partial charge in [0.25, 0.3) is 0 Å². The van der Waals surface area contributed by atoms with Gasteiger partial charge in [0, 0.05) is 25.7 Å². The molecule has 8 heteroatoms. The van der Waals surface area contributed by atoms with E-state index < -0.39 is 11.7 Å². The molecule has 1 aromatic carbocycles. The minimum absolute atomic E-state index is 0.0546. The van der Waals surface area contributed by atoms with Gasteiger partial charge < -0.3 is 9.08 Å². The van der Waals surface area contributed by atoms with Crippen LogP contribution >= 0.6 is 23.6 Å². The van der Waals surface area contributed by atoms with Crippen molar-refractivity contribution in [2.24, 2.45) is 0 Å². The van der Waals surface area contributed by atoms with Crippen LogP contribution in [0, 0.1) is 0 Å². The summed E-state index contributed by atoms with van der Waals surface area (Å²) >= 11 is 6.66. The van der Waals surface area contributed by atoms with Crippen LogP contribution in [-0.4, -0.2) is 24.3 Å². The Hall–Kier alpha value is -1.08. The number of anilines is 1. The van der Waals surface area contributed by atoms with Gasteiger partial charge in [0.15, 0.2) is 0 Å². The van der Waals surface area contributed by atoms with Crippen molar-refractivity contribution in [1.29, 1.82) is 0 Å². The number of nitrogens with zero attached hydrogens (tertiary/aromatic N) is 1. The highest BCUT2D eigenvalue weighted by molar-refractivity contribution is 7.95. The highest BCUT2D eigenvalue weighted by Gasteiger charge is 2.34. The molecule has 0 saturated carbocycles. The minimum atomic E-state index is -4.47. The third-order valence-electron chi connectivity index (χ3n) is 3.07. The smallest absolute Gasteiger partial charge is 0.391 e. The third-order valence-corrected chi connectivity index (χ3v) is 4.38. The number of hydrogen-bond donors (Lipinski definition) is 0. The van der Waals surface area contributed by atoms with E-state index in [1.165, 1.54) is 13.0 Å². The van der Waals surface area contributed by atoms with Crippen LogP contribution in [0.15, 0.2) is 18.2 Å². The van der Waals surface area contributed by atoms with Crippen molar-refractivity contribution in [3.8, 4) is 0 Å². The van der Waals surface area contributed by atoms with E-state index in [0.29, 0.717) is 18.8 Å². The molecule has 1 aliphatic heterocycles. The van der Waals surface area contributed by atoms with Gasteiger partial charge in [0.1, 0.15) is 0 Å². The summed E-state index contributed by atoms with van der Waals surface area (Å²) in [6.07, 6.45) is -3.74. The molecule has 21 heavy (non-hydrogen) atoms. The number of halogens is 4. The van der Waals surface area contributed by atoms with Crippen LogP contribution in [0.4, 0.5) is 18.9 Å². The molecule has 1 aliphatic rings. The fourth-order valence-electron chi connectivity index (χ4n) is 2.10. The fourth-order valence-corrected chi connectivity index (χ4v) is 3.04. The molecule has 0 spiro atoms. The molecule has 0 aromatic heterocycles. The normalized spacial score (nSPS) is 18.9. The topological polar surface area (TPSA) is 29.5 Å². The lowest BCUT2D eigenvalue weighted by Crippen LogP contribution is -2.21. The summed E-state index contributed by atoms with van der Waals surface area (Å²) in [5.41, 5.74) is -0.365. The Morgan fingerprint density at radius 3 is 2.81 bits per heavy atom. The molecule has 1 saturated heterocycles. The lowest BCUT2D eigenvalue weighted by atomic mass is 10.2. The Balaban J connectivity index is 2.08. The summed E-state index contributed by atoms with van der Waals surface area (Å²) < 4.78 is 43.4. The van der Waals surface area contributed by atoms with Crippen LogP contribution in [0.2, 0.25) is 5.02 Å². The van der Waals surface area contributed by atoms with Crippen molar-refractivity contribution in [1.82, 2.24) is 0 Å². The van der Waals surface area contributed by atoms with Crippen molar-refractivity contribution >= 4 is 35.3 Å². The number of carbonyl (C=O) groups excluding carboxylic acids is 1. The highest BCUT2D eigenvalue weighted by Crippen LogP contribution is 2.38. The van der Waals surface area contributed by atoms with Crippen molar-refractivity contribution < 1.29 is 22.1 Å². The maximum atomic E-state index is 12.8. The van der Waals surface area contributed by atoms with Gasteiger partial charge >= 0.3 is 12.1 Å². The first kappa shape index (κ1) is 16.3. The molecule has 116 valence electrons. The number of alkyl halides is 3. The molecule has 0 N–H and O–H groups in total. The Kier molecular flexibility index (Phi) is 4.93. The minimum Gasteiger partial charge on any atom is -0.391 e. The molecule has 1 unspecified atom stereocenters. The van der Waals surface area contributed by atoms with Crippen LogP contribution in [-0.2, 0) is 15.2 Å². The Morgan fingerprint density at radius 2 is 2.19 bits per heavy atom. The lowest BCUT2D eigenvalue weighted by Gasteiger charge is -2.20. The van der Waals surface area contributed by atoms with Gasteiger partial charge in [-0.25, -0.2) is 0 Å². The van der Waals surface area contributed by atoms with E-state index in [9.17, 15) is 18.0 Å². The van der Waals surface area contributed by atoms with E-state index in [4.69, 9.17) is 15.8 Å². The second-order valence-corrected chi connectivity index (χ2v) is 6.12. The molecular weight excluding hydrogens is 327 g/mol. The summed E-state index contributed by atoms with van der Waals surface area (Å²) in [6.45, 7) is 2.45. The van der Waals surface area contributed by atoms with Gasteiger partial charge in [-0.2, -0.15) is 13.2 Å². The summed E-state index contributed by atoms with van der Waals surface area (Å²) in [4.78, 5) is 12.6. The summed E-state index contributed by atoms with van der Waals surface area (Å²) in [7, 11) is 0. The first-order valence-corrected chi connectivity index (χ1v) is 7.41. The predicted octanol–water partition coefficient (Wildman–Crippen LogP) is 4.15. The molecule has 0 radical (unpaired) electrons. The maximum absolute atomic E-state index is 12.8. The molecule has 1 aromatic rings. The standard InChI is InChI=1S/C13H13ClF3NO2S/c1-8(19)20-21-10-4-5-18(7-10)9-2-3-12(14)11(6-9)13(15,16)17/h2-3,6,10H,4-5,7H2,1H3. The molecule has 1 atom stereocenters. The monoisotopic (exact) mass is 339 g/mol. The molecular formula is C13H13ClF3NO2S. The average Bonchev–Trinajstić information content (AvgIpc) is 2.84. The van der Waals surface area contributed by atoms with Crippen LogP contribution in [0.25, 0.3) is 0 Å². The van der Waals surface area contributed by atoms with Gasteiger partial charge in [-0.15, -0.1) is 0 Å². The predicted molar refractivity (Wildman–Crippen MR) is 76.4 cm³/mol. The third kappa shape index (κ3) is 4.20. The fraction of sp³-hybridized carbons (Fsp3) is 0.462. The van der Waals surface area contributed by atoms with Gasteiger partial charge in [-0.05, 0) is 24.6 Å². The van der Waals surface area contributed by atoms with Crippen LogP contribution < -0.4 is 4.90 Å². The van der Waals surface area contributed by atoms with Crippen molar-refractivity contribution in [3.05, 3.63) is 28.8 Å². The molecule has 1 fully saturated rings. The van der Waals surface area contributed by atoms with Gasteiger partial charge in [0.2, 0.25) is 0 Å². The van der Waals surface area contributed by atoms with Crippen LogP contribution in [0.1, 0.15) is 18.9 Å². The summed E-state index contributed by atoms with van der Waals surface area (Å²) in [5, 5.41) is -0.254. The van der Waals surface area contributed by atoms with Crippen LogP contribution in [0.3, 0.4) is 0 Å². The van der Waals surface area contributed by atoms with E-state index in [2.05, 4.69) is 0 Å².